The van der Waals surface area contributed by atoms with Gasteiger partial charge in [-0.25, -0.2) is 0 Å². The lowest BCUT2D eigenvalue weighted by Crippen LogP contribution is -2.30. The molecule has 0 spiro atoms. The first-order valence-corrected chi connectivity index (χ1v) is 27.0. The summed E-state index contributed by atoms with van der Waals surface area (Å²) in [5.41, 5.74) is 0. The third-order valence-corrected chi connectivity index (χ3v) is 10.9. The second-order valence-corrected chi connectivity index (χ2v) is 17.4. The van der Waals surface area contributed by atoms with Gasteiger partial charge < -0.3 is 14.2 Å². The summed E-state index contributed by atoms with van der Waals surface area (Å²) in [6.07, 6.45) is 74.7. The van der Waals surface area contributed by atoms with Crippen LogP contribution in [0.5, 0.6) is 0 Å². The molecule has 0 bridgehead atoms. The van der Waals surface area contributed by atoms with E-state index in [4.69, 9.17) is 14.2 Å². The molecular weight excluding hydrogens is 829 g/mol. The Balaban J connectivity index is 4.56. The van der Waals surface area contributed by atoms with Gasteiger partial charge in [-0.1, -0.05) is 200 Å². The van der Waals surface area contributed by atoms with Crippen molar-refractivity contribution in [3.63, 3.8) is 0 Å². The van der Waals surface area contributed by atoms with Crippen molar-refractivity contribution in [3.8, 4) is 0 Å². The maximum atomic E-state index is 12.8. The number of allylic oxidation sites excluding steroid dienone is 20. The molecule has 0 rings (SSSR count). The lowest BCUT2D eigenvalue weighted by Gasteiger charge is -2.18. The van der Waals surface area contributed by atoms with Crippen LogP contribution in [0, 0.1) is 0 Å². The Labute approximate surface area is 412 Å². The maximum absolute atomic E-state index is 12.8. The Morgan fingerprint density at radius 3 is 1.01 bits per heavy atom. The van der Waals surface area contributed by atoms with Crippen LogP contribution in [0.3, 0.4) is 0 Å². The highest BCUT2D eigenvalue weighted by Gasteiger charge is 2.19. The fourth-order valence-corrected chi connectivity index (χ4v) is 6.87. The quantitative estimate of drug-likeness (QED) is 0.0262. The minimum absolute atomic E-state index is 0.118. The molecule has 0 aromatic rings. The zero-order chi connectivity index (χ0) is 48.6. The average Bonchev–Trinajstić information content (AvgIpc) is 3.33. The molecule has 0 aliphatic heterocycles. The van der Waals surface area contributed by atoms with E-state index in [9.17, 15) is 14.4 Å². The molecule has 0 aliphatic rings. The number of esters is 3. The number of ether oxygens (including phenoxy) is 3. The predicted molar refractivity (Wildman–Crippen MR) is 288 cm³/mol. The molecular formula is C61H98O6. The summed E-state index contributed by atoms with van der Waals surface area (Å²) in [6, 6.07) is 0. The third-order valence-electron chi connectivity index (χ3n) is 10.9. The molecule has 0 aromatic heterocycles. The van der Waals surface area contributed by atoms with Gasteiger partial charge in [-0.05, 0) is 128 Å². The van der Waals surface area contributed by atoms with Crippen LogP contribution in [0.25, 0.3) is 0 Å². The normalized spacial score (nSPS) is 13.1. The molecule has 0 saturated heterocycles. The van der Waals surface area contributed by atoms with Gasteiger partial charge >= 0.3 is 17.9 Å². The first kappa shape index (κ1) is 62.8. The van der Waals surface area contributed by atoms with Gasteiger partial charge in [-0.3, -0.25) is 14.4 Å². The van der Waals surface area contributed by atoms with E-state index in [-0.39, 0.29) is 37.5 Å². The van der Waals surface area contributed by atoms with Crippen LogP contribution in [0.1, 0.15) is 226 Å². The molecule has 0 aliphatic carbocycles. The van der Waals surface area contributed by atoms with Crippen LogP contribution in [0.2, 0.25) is 0 Å². The number of carbonyl (C=O) groups excluding carboxylic acids is 3. The smallest absolute Gasteiger partial charge is 0.306 e. The summed E-state index contributed by atoms with van der Waals surface area (Å²) in [7, 11) is 0. The van der Waals surface area contributed by atoms with Gasteiger partial charge in [-0.2, -0.15) is 0 Å². The number of carbonyl (C=O) groups is 3. The molecule has 0 radical (unpaired) electrons. The largest absolute Gasteiger partial charge is 0.462 e. The molecule has 67 heavy (non-hydrogen) atoms. The minimum atomic E-state index is -0.827. The Bertz CT molecular complexity index is 1440. The van der Waals surface area contributed by atoms with Crippen LogP contribution in [-0.2, 0) is 28.6 Å². The Morgan fingerprint density at radius 2 is 0.597 bits per heavy atom. The lowest BCUT2D eigenvalue weighted by atomic mass is 10.1. The highest BCUT2D eigenvalue weighted by molar-refractivity contribution is 5.71. The van der Waals surface area contributed by atoms with E-state index >= 15 is 0 Å². The SMILES string of the molecule is CC/C=C\C/C=C\C/C=C\C/C=C\C/C=C\CCCCCC(=O)OC[C@@H](COC(=O)CCCCCCC/C=C\CCCCCC)OC(=O)CCC/C=C\C/C=C\C/C=C\C/C=C\CCCCC. The van der Waals surface area contributed by atoms with Crippen molar-refractivity contribution >= 4 is 17.9 Å². The van der Waals surface area contributed by atoms with Crippen LogP contribution in [-0.4, -0.2) is 37.2 Å². The first-order chi connectivity index (χ1) is 33.0. The standard InChI is InChI=1S/C61H98O6/c1-4-7-10-13-16-19-22-25-27-29-30-32-33-36-39-42-45-48-51-54-60(63)66-57-58(56-65-59(62)53-50-47-44-41-38-35-24-21-18-15-12-9-6-3)67-61(64)55-52-49-46-43-40-37-34-31-28-26-23-20-17-14-11-8-5-2/h7,10,16-17,19-21,24-28,30,32,34,36-37,39,43,46,58H,4-6,8-9,11-15,18,22-23,29,31,33,35,38,40-42,44-45,47-57H2,1-3H3/b10-7-,19-16-,20-17-,24-21-,27-25-,28-26-,32-30-,37-34-,39-36-,46-43-/t58-/m1/s1. The van der Waals surface area contributed by atoms with Crippen molar-refractivity contribution < 1.29 is 28.6 Å². The van der Waals surface area contributed by atoms with Crippen molar-refractivity contribution in [1.82, 2.24) is 0 Å². The lowest BCUT2D eigenvalue weighted by molar-refractivity contribution is -0.167. The van der Waals surface area contributed by atoms with E-state index in [0.717, 1.165) is 116 Å². The zero-order valence-electron chi connectivity index (χ0n) is 43.1. The summed E-state index contributed by atoms with van der Waals surface area (Å²) in [6.45, 7) is 6.38. The Morgan fingerprint density at radius 1 is 0.313 bits per heavy atom. The van der Waals surface area contributed by atoms with E-state index in [0.29, 0.717) is 19.3 Å². The predicted octanol–water partition coefficient (Wildman–Crippen LogP) is 18.1. The summed E-state index contributed by atoms with van der Waals surface area (Å²) in [5.74, 6) is -1.02. The van der Waals surface area contributed by atoms with Gasteiger partial charge in [0.2, 0.25) is 0 Å². The van der Waals surface area contributed by atoms with Crippen LogP contribution < -0.4 is 0 Å². The second kappa shape index (κ2) is 54.4. The zero-order valence-corrected chi connectivity index (χ0v) is 43.1. The molecule has 0 unspecified atom stereocenters. The topological polar surface area (TPSA) is 78.9 Å². The number of hydrogen-bond donors (Lipinski definition) is 0. The number of hydrogen-bond acceptors (Lipinski definition) is 6. The van der Waals surface area contributed by atoms with Gasteiger partial charge in [-0.15, -0.1) is 0 Å². The molecule has 6 heteroatoms. The molecule has 0 saturated carbocycles. The van der Waals surface area contributed by atoms with E-state index in [2.05, 4.69) is 142 Å². The monoisotopic (exact) mass is 927 g/mol. The van der Waals surface area contributed by atoms with Crippen molar-refractivity contribution in [3.05, 3.63) is 122 Å². The average molecular weight is 927 g/mol. The molecule has 0 amide bonds. The van der Waals surface area contributed by atoms with Crippen LogP contribution in [0.15, 0.2) is 122 Å². The first-order valence-electron chi connectivity index (χ1n) is 27.0. The molecule has 0 N–H and O–H groups in total. The molecule has 0 heterocycles. The Kier molecular flexibility index (Phi) is 51.0. The maximum Gasteiger partial charge on any atom is 0.306 e. The van der Waals surface area contributed by atoms with Crippen molar-refractivity contribution in [2.45, 2.75) is 232 Å². The van der Waals surface area contributed by atoms with Crippen molar-refractivity contribution in [2.24, 2.45) is 0 Å². The van der Waals surface area contributed by atoms with E-state index in [1.807, 2.05) is 0 Å². The van der Waals surface area contributed by atoms with Gasteiger partial charge in [0.15, 0.2) is 6.10 Å². The van der Waals surface area contributed by atoms with Gasteiger partial charge in [0.25, 0.3) is 0 Å². The molecule has 1 atom stereocenters. The highest BCUT2D eigenvalue weighted by Crippen LogP contribution is 2.12. The van der Waals surface area contributed by atoms with Gasteiger partial charge in [0.05, 0.1) is 0 Å². The van der Waals surface area contributed by atoms with Crippen molar-refractivity contribution in [1.29, 1.82) is 0 Å². The van der Waals surface area contributed by atoms with E-state index in [1.54, 1.807) is 0 Å². The highest BCUT2D eigenvalue weighted by atomic mass is 16.6. The Hall–Kier alpha value is -4.19. The summed E-state index contributed by atoms with van der Waals surface area (Å²) < 4.78 is 16.7. The summed E-state index contributed by atoms with van der Waals surface area (Å²) >= 11 is 0. The molecule has 6 nitrogen and oxygen atoms in total. The number of unbranched alkanes of at least 4 members (excludes halogenated alkanes) is 16. The molecule has 0 fully saturated rings. The van der Waals surface area contributed by atoms with Crippen molar-refractivity contribution in [2.75, 3.05) is 13.2 Å². The summed E-state index contributed by atoms with van der Waals surface area (Å²) in [4.78, 5) is 38.0. The van der Waals surface area contributed by atoms with Gasteiger partial charge in [0, 0.05) is 19.3 Å². The molecule has 378 valence electrons. The molecule has 0 aromatic carbocycles. The van der Waals surface area contributed by atoms with Crippen LogP contribution >= 0.6 is 0 Å². The van der Waals surface area contributed by atoms with Crippen LogP contribution in [0.4, 0.5) is 0 Å². The van der Waals surface area contributed by atoms with E-state index in [1.165, 1.54) is 64.2 Å². The fraction of sp³-hybridized carbons (Fsp3) is 0.623. The van der Waals surface area contributed by atoms with Gasteiger partial charge in [0.1, 0.15) is 13.2 Å². The second-order valence-electron chi connectivity index (χ2n) is 17.4. The third kappa shape index (κ3) is 52.6. The fourth-order valence-electron chi connectivity index (χ4n) is 6.87. The van der Waals surface area contributed by atoms with E-state index < -0.39 is 6.10 Å². The summed E-state index contributed by atoms with van der Waals surface area (Å²) in [5, 5.41) is 0. The number of rotatable bonds is 47. The minimum Gasteiger partial charge on any atom is -0.462 e.